The average Bonchev–Trinajstić information content (AvgIpc) is 3.23. The standard InChI is InChI=1S/C21H20N6O2/c1-15-25-19-9-5-4-8-18(19)21(29)27(15)12-20(28)23-10-16-6-2-3-7-17(16)11-26-14-22-13-24-26/h2-9,13-14H,10-12H2,1H3,(H,23,28). The van der Waals surface area contributed by atoms with E-state index in [1.165, 1.54) is 10.9 Å². The maximum absolute atomic E-state index is 12.7. The first-order chi connectivity index (χ1) is 14.1. The fraction of sp³-hybridized carbons (Fsp3) is 0.190. The van der Waals surface area contributed by atoms with Gasteiger partial charge in [0.1, 0.15) is 25.0 Å². The second-order valence-electron chi connectivity index (χ2n) is 6.71. The molecule has 2 heterocycles. The van der Waals surface area contributed by atoms with Gasteiger partial charge in [-0.1, -0.05) is 36.4 Å². The summed E-state index contributed by atoms with van der Waals surface area (Å²) in [6.45, 7) is 2.58. The Kier molecular flexibility index (Phi) is 5.15. The minimum Gasteiger partial charge on any atom is -0.350 e. The van der Waals surface area contributed by atoms with E-state index in [1.807, 2.05) is 30.3 Å². The molecule has 29 heavy (non-hydrogen) atoms. The zero-order valence-electron chi connectivity index (χ0n) is 15.9. The number of nitrogens with one attached hydrogen (secondary N) is 1. The molecule has 1 amide bonds. The van der Waals surface area contributed by atoms with E-state index in [0.29, 0.717) is 29.8 Å². The number of aromatic nitrogens is 5. The fourth-order valence-corrected chi connectivity index (χ4v) is 3.23. The molecular weight excluding hydrogens is 368 g/mol. The number of carbonyl (C=O) groups is 1. The molecule has 8 heteroatoms. The number of hydrogen-bond acceptors (Lipinski definition) is 5. The molecule has 0 saturated heterocycles. The lowest BCUT2D eigenvalue weighted by Gasteiger charge is -2.13. The molecule has 0 fully saturated rings. The van der Waals surface area contributed by atoms with Crippen LogP contribution in [-0.4, -0.2) is 30.2 Å². The molecule has 0 aliphatic rings. The first-order valence-electron chi connectivity index (χ1n) is 9.24. The van der Waals surface area contributed by atoms with Crippen molar-refractivity contribution in [3.63, 3.8) is 0 Å². The summed E-state index contributed by atoms with van der Waals surface area (Å²) in [6, 6.07) is 15.0. The van der Waals surface area contributed by atoms with Gasteiger partial charge in [0, 0.05) is 6.54 Å². The Balaban J connectivity index is 1.48. The Bertz CT molecular complexity index is 1210. The number of aryl methyl sites for hydroxylation is 1. The summed E-state index contributed by atoms with van der Waals surface area (Å²) in [7, 11) is 0. The van der Waals surface area contributed by atoms with Crippen LogP contribution in [0.5, 0.6) is 0 Å². The first-order valence-corrected chi connectivity index (χ1v) is 9.24. The first kappa shape index (κ1) is 18.5. The van der Waals surface area contributed by atoms with Gasteiger partial charge in [-0.25, -0.2) is 14.6 Å². The van der Waals surface area contributed by atoms with Gasteiger partial charge in [0.05, 0.1) is 17.4 Å². The maximum atomic E-state index is 12.7. The Hall–Kier alpha value is -3.81. The van der Waals surface area contributed by atoms with E-state index in [1.54, 1.807) is 36.1 Å². The molecule has 0 bridgehead atoms. The second-order valence-corrected chi connectivity index (χ2v) is 6.71. The second kappa shape index (κ2) is 8.05. The minimum absolute atomic E-state index is 0.0757. The van der Waals surface area contributed by atoms with Gasteiger partial charge in [0.2, 0.25) is 5.91 Å². The lowest BCUT2D eigenvalue weighted by Crippen LogP contribution is -2.34. The predicted octanol–water partition coefficient (Wildman–Crippen LogP) is 1.66. The average molecular weight is 388 g/mol. The lowest BCUT2D eigenvalue weighted by molar-refractivity contribution is -0.121. The number of hydrogen-bond donors (Lipinski definition) is 1. The van der Waals surface area contributed by atoms with Crippen LogP contribution in [0.2, 0.25) is 0 Å². The van der Waals surface area contributed by atoms with Gasteiger partial charge in [-0.3, -0.25) is 14.2 Å². The largest absolute Gasteiger partial charge is 0.350 e. The molecule has 2 aromatic carbocycles. The number of carbonyl (C=O) groups excluding carboxylic acids is 1. The smallest absolute Gasteiger partial charge is 0.261 e. The van der Waals surface area contributed by atoms with Crippen LogP contribution in [0.4, 0.5) is 0 Å². The molecule has 0 atom stereocenters. The van der Waals surface area contributed by atoms with Crippen molar-refractivity contribution in [1.29, 1.82) is 0 Å². The molecule has 4 aromatic rings. The Morgan fingerprint density at radius 2 is 1.83 bits per heavy atom. The maximum Gasteiger partial charge on any atom is 0.261 e. The highest BCUT2D eigenvalue weighted by molar-refractivity contribution is 5.79. The van der Waals surface area contributed by atoms with E-state index < -0.39 is 0 Å². The van der Waals surface area contributed by atoms with Crippen LogP contribution in [0.15, 0.2) is 66.0 Å². The molecule has 4 rings (SSSR count). The van der Waals surface area contributed by atoms with Crippen molar-refractivity contribution in [2.75, 3.05) is 0 Å². The molecule has 1 N–H and O–H groups in total. The summed E-state index contributed by atoms with van der Waals surface area (Å²) in [5.41, 5.74) is 2.44. The number of para-hydroxylation sites is 1. The normalized spacial score (nSPS) is 10.9. The van der Waals surface area contributed by atoms with Crippen molar-refractivity contribution in [2.24, 2.45) is 0 Å². The van der Waals surface area contributed by atoms with Crippen LogP contribution in [-0.2, 0) is 24.4 Å². The third-order valence-electron chi connectivity index (χ3n) is 4.75. The summed E-state index contributed by atoms with van der Waals surface area (Å²) < 4.78 is 3.13. The lowest BCUT2D eigenvalue weighted by atomic mass is 10.1. The zero-order valence-corrected chi connectivity index (χ0v) is 15.9. The van der Waals surface area contributed by atoms with Crippen LogP contribution < -0.4 is 10.9 Å². The SMILES string of the molecule is Cc1nc2ccccc2c(=O)n1CC(=O)NCc1ccccc1Cn1cncn1. The van der Waals surface area contributed by atoms with E-state index in [0.717, 1.165) is 11.1 Å². The molecule has 0 radical (unpaired) electrons. The van der Waals surface area contributed by atoms with Gasteiger partial charge in [0.15, 0.2) is 0 Å². The van der Waals surface area contributed by atoms with Crippen molar-refractivity contribution in [3.05, 3.63) is 88.5 Å². The number of nitrogens with zero attached hydrogens (tertiary/aromatic N) is 5. The molecule has 0 saturated carbocycles. The number of rotatable bonds is 6. The van der Waals surface area contributed by atoms with Gasteiger partial charge in [-0.05, 0) is 30.2 Å². The number of amides is 1. The third-order valence-corrected chi connectivity index (χ3v) is 4.75. The van der Waals surface area contributed by atoms with Crippen LogP contribution >= 0.6 is 0 Å². The molecule has 0 unspecified atom stereocenters. The van der Waals surface area contributed by atoms with Crippen molar-refractivity contribution in [3.8, 4) is 0 Å². The quantitative estimate of drug-likeness (QED) is 0.542. The molecule has 2 aromatic heterocycles. The number of fused-ring (bicyclic) bond motifs is 1. The Morgan fingerprint density at radius 1 is 1.07 bits per heavy atom. The van der Waals surface area contributed by atoms with E-state index in [-0.39, 0.29) is 18.0 Å². The van der Waals surface area contributed by atoms with Crippen LogP contribution in [0.3, 0.4) is 0 Å². The summed E-state index contributed by atoms with van der Waals surface area (Å²) >= 11 is 0. The van der Waals surface area contributed by atoms with E-state index in [4.69, 9.17) is 0 Å². The van der Waals surface area contributed by atoms with E-state index in [2.05, 4.69) is 20.4 Å². The van der Waals surface area contributed by atoms with Crippen LogP contribution in [0.1, 0.15) is 17.0 Å². The van der Waals surface area contributed by atoms with Crippen molar-refractivity contribution in [1.82, 2.24) is 29.6 Å². The number of benzene rings is 2. The van der Waals surface area contributed by atoms with Gasteiger partial charge in [-0.15, -0.1) is 0 Å². The predicted molar refractivity (Wildman–Crippen MR) is 108 cm³/mol. The van der Waals surface area contributed by atoms with Crippen LogP contribution in [0, 0.1) is 6.92 Å². The Labute approximate surface area is 166 Å². The van der Waals surface area contributed by atoms with Crippen molar-refractivity contribution < 1.29 is 4.79 Å². The summed E-state index contributed by atoms with van der Waals surface area (Å²) in [5, 5.41) is 7.52. The molecule has 0 aliphatic heterocycles. The van der Waals surface area contributed by atoms with Gasteiger partial charge in [-0.2, -0.15) is 5.10 Å². The summed E-state index contributed by atoms with van der Waals surface area (Å²) in [6.07, 6.45) is 3.14. The van der Waals surface area contributed by atoms with Crippen molar-refractivity contribution in [2.45, 2.75) is 26.6 Å². The third kappa shape index (κ3) is 4.06. The minimum atomic E-state index is -0.247. The molecule has 8 nitrogen and oxygen atoms in total. The summed E-state index contributed by atoms with van der Waals surface area (Å²) in [4.78, 5) is 33.6. The molecule has 0 spiro atoms. The molecule has 146 valence electrons. The molecule has 0 aliphatic carbocycles. The Morgan fingerprint density at radius 3 is 2.62 bits per heavy atom. The van der Waals surface area contributed by atoms with E-state index >= 15 is 0 Å². The fourth-order valence-electron chi connectivity index (χ4n) is 3.23. The topological polar surface area (TPSA) is 94.7 Å². The summed E-state index contributed by atoms with van der Waals surface area (Å²) in [5.74, 6) is 0.262. The zero-order chi connectivity index (χ0) is 20.2. The highest BCUT2D eigenvalue weighted by Crippen LogP contribution is 2.10. The molecular formula is C21H20N6O2. The highest BCUT2D eigenvalue weighted by Gasteiger charge is 2.12. The van der Waals surface area contributed by atoms with Gasteiger partial charge >= 0.3 is 0 Å². The van der Waals surface area contributed by atoms with Gasteiger partial charge in [0.25, 0.3) is 5.56 Å². The van der Waals surface area contributed by atoms with Crippen LogP contribution in [0.25, 0.3) is 10.9 Å². The van der Waals surface area contributed by atoms with Crippen molar-refractivity contribution >= 4 is 16.8 Å². The monoisotopic (exact) mass is 388 g/mol. The van der Waals surface area contributed by atoms with E-state index in [9.17, 15) is 9.59 Å². The highest BCUT2D eigenvalue weighted by atomic mass is 16.2. The van der Waals surface area contributed by atoms with Gasteiger partial charge < -0.3 is 5.32 Å².